The molecule has 2 heterocycles. The molecule has 0 saturated carbocycles. The lowest BCUT2D eigenvalue weighted by atomic mass is 9.99. The van der Waals surface area contributed by atoms with E-state index in [0.29, 0.717) is 12.5 Å². The number of hydrogen-bond donors (Lipinski definition) is 0. The second-order valence-corrected chi connectivity index (χ2v) is 5.63. The molecule has 1 aliphatic heterocycles. The minimum absolute atomic E-state index is 0.0323. The van der Waals surface area contributed by atoms with Crippen LogP contribution in [-0.2, 0) is 9.53 Å². The number of ether oxygens (including phenoxy) is 1. The summed E-state index contributed by atoms with van der Waals surface area (Å²) in [7, 11) is 1.45. The van der Waals surface area contributed by atoms with Crippen LogP contribution in [0.3, 0.4) is 0 Å². The molecule has 0 aromatic carbocycles. The quantitative estimate of drug-likeness (QED) is 0.786. The monoisotopic (exact) mass is 269 g/mol. The van der Waals surface area contributed by atoms with Crippen LogP contribution in [0.15, 0.2) is 0 Å². The van der Waals surface area contributed by atoms with Crippen molar-refractivity contribution in [3.05, 3.63) is 5.82 Å². The molecule has 0 aliphatic carbocycles. The zero-order valence-corrected chi connectivity index (χ0v) is 11.9. The average Bonchev–Trinajstić information content (AvgIpc) is 2.88. The summed E-state index contributed by atoms with van der Waals surface area (Å²) in [6, 6.07) is 0. The summed E-state index contributed by atoms with van der Waals surface area (Å²) in [5.41, 5.74) is 0. The molecule has 0 radical (unpaired) electrons. The second kappa shape index (κ2) is 5.65. The first-order chi connectivity index (χ1) is 8.61. The van der Waals surface area contributed by atoms with Gasteiger partial charge in [0, 0.05) is 30.5 Å². The van der Waals surface area contributed by atoms with Gasteiger partial charge in [-0.3, -0.25) is 4.79 Å². The van der Waals surface area contributed by atoms with Gasteiger partial charge < -0.3 is 9.64 Å². The summed E-state index contributed by atoms with van der Waals surface area (Å²) in [5.74, 6) is 1.08. The third-order valence-electron chi connectivity index (χ3n) is 3.17. The van der Waals surface area contributed by atoms with Gasteiger partial charge in [-0.1, -0.05) is 13.8 Å². The van der Waals surface area contributed by atoms with Crippen molar-refractivity contribution < 1.29 is 9.53 Å². The first-order valence-corrected chi connectivity index (χ1v) is 7.05. The molecule has 1 aliphatic rings. The van der Waals surface area contributed by atoms with Crippen molar-refractivity contribution >= 4 is 22.6 Å². The van der Waals surface area contributed by atoms with Gasteiger partial charge in [-0.25, -0.2) is 4.98 Å². The maximum atomic E-state index is 11.6. The summed E-state index contributed by atoms with van der Waals surface area (Å²) in [6.45, 7) is 5.80. The van der Waals surface area contributed by atoms with Crippen LogP contribution in [0.4, 0.5) is 5.13 Å². The molecular formula is C12H19N3O2S. The molecule has 18 heavy (non-hydrogen) atoms. The second-order valence-electron chi connectivity index (χ2n) is 4.90. The van der Waals surface area contributed by atoms with Gasteiger partial charge in [0.15, 0.2) is 0 Å². The minimum atomic E-state index is -0.117. The zero-order valence-electron chi connectivity index (χ0n) is 11.0. The summed E-state index contributed by atoms with van der Waals surface area (Å²) in [4.78, 5) is 18.3. The third-order valence-corrected chi connectivity index (χ3v) is 3.96. The maximum Gasteiger partial charge on any atom is 0.310 e. The molecule has 0 amide bonds. The first kappa shape index (κ1) is 13.3. The topological polar surface area (TPSA) is 55.3 Å². The van der Waals surface area contributed by atoms with Gasteiger partial charge in [0.1, 0.15) is 5.82 Å². The van der Waals surface area contributed by atoms with E-state index in [9.17, 15) is 4.79 Å². The Kier molecular flexibility index (Phi) is 4.16. The van der Waals surface area contributed by atoms with Gasteiger partial charge >= 0.3 is 5.97 Å². The molecule has 100 valence electrons. The Hall–Kier alpha value is -1.17. The van der Waals surface area contributed by atoms with Gasteiger partial charge in [0.2, 0.25) is 5.13 Å². The van der Waals surface area contributed by atoms with Gasteiger partial charge in [-0.05, 0) is 12.8 Å². The normalized spacial score (nSPS) is 20.2. The number of methoxy groups -OCH3 is 1. The van der Waals surface area contributed by atoms with Crippen LogP contribution in [0.2, 0.25) is 0 Å². The fourth-order valence-corrected chi connectivity index (χ4v) is 2.94. The van der Waals surface area contributed by atoms with Crippen LogP contribution in [0.25, 0.3) is 0 Å². The first-order valence-electron chi connectivity index (χ1n) is 6.28. The lowest BCUT2D eigenvalue weighted by Gasteiger charge is -2.30. The van der Waals surface area contributed by atoms with Gasteiger partial charge in [0.05, 0.1) is 13.0 Å². The SMILES string of the molecule is COC(=O)C1CCCN(c2nc(C(C)C)ns2)C1. The van der Waals surface area contributed by atoms with Crippen molar-refractivity contribution in [2.45, 2.75) is 32.6 Å². The number of nitrogens with zero attached hydrogens (tertiary/aromatic N) is 3. The Bertz CT molecular complexity index is 419. The van der Waals surface area contributed by atoms with E-state index in [2.05, 4.69) is 28.1 Å². The highest BCUT2D eigenvalue weighted by molar-refractivity contribution is 7.09. The Balaban J connectivity index is 2.05. The third kappa shape index (κ3) is 2.80. The van der Waals surface area contributed by atoms with Crippen LogP contribution in [-0.4, -0.2) is 35.5 Å². The van der Waals surface area contributed by atoms with Gasteiger partial charge in [-0.2, -0.15) is 4.37 Å². The number of piperidine rings is 1. The molecule has 1 aromatic rings. The fraction of sp³-hybridized carbons (Fsp3) is 0.750. The van der Waals surface area contributed by atoms with Crippen LogP contribution in [0, 0.1) is 5.92 Å². The summed E-state index contributed by atoms with van der Waals surface area (Å²) >= 11 is 1.42. The molecule has 6 heteroatoms. The standard InChI is InChI=1S/C12H19N3O2S/c1-8(2)10-13-12(18-14-10)15-6-4-5-9(7-15)11(16)17-3/h8-9H,4-7H2,1-3H3. The van der Waals surface area contributed by atoms with E-state index >= 15 is 0 Å². The van der Waals surface area contributed by atoms with Crippen molar-refractivity contribution in [1.29, 1.82) is 0 Å². The molecule has 1 aromatic heterocycles. The van der Waals surface area contributed by atoms with Crippen molar-refractivity contribution in [2.75, 3.05) is 25.1 Å². The Morgan fingerprint density at radius 3 is 2.94 bits per heavy atom. The van der Waals surface area contributed by atoms with E-state index in [1.165, 1.54) is 18.6 Å². The molecule has 1 saturated heterocycles. The maximum absolute atomic E-state index is 11.6. The van der Waals surface area contributed by atoms with Crippen molar-refractivity contribution in [3.63, 3.8) is 0 Å². The highest BCUT2D eigenvalue weighted by Gasteiger charge is 2.28. The number of rotatable bonds is 3. The molecule has 2 rings (SSSR count). The minimum Gasteiger partial charge on any atom is -0.469 e. The Morgan fingerprint density at radius 1 is 1.56 bits per heavy atom. The van der Waals surface area contributed by atoms with Crippen LogP contribution < -0.4 is 4.90 Å². The number of hydrogen-bond acceptors (Lipinski definition) is 6. The van der Waals surface area contributed by atoms with Crippen LogP contribution >= 0.6 is 11.5 Å². The van der Waals surface area contributed by atoms with E-state index in [0.717, 1.165) is 30.3 Å². The number of esters is 1. The van der Waals surface area contributed by atoms with Crippen molar-refractivity contribution in [1.82, 2.24) is 9.36 Å². The molecule has 0 spiro atoms. The predicted molar refractivity (Wildman–Crippen MR) is 71.0 cm³/mol. The number of carbonyl (C=O) groups is 1. The Labute approximate surface area is 111 Å². The van der Waals surface area contributed by atoms with E-state index in [1.54, 1.807) is 0 Å². The predicted octanol–water partition coefficient (Wildman–Crippen LogP) is 2.05. The van der Waals surface area contributed by atoms with E-state index < -0.39 is 0 Å². The van der Waals surface area contributed by atoms with E-state index in [1.807, 2.05) is 0 Å². The van der Waals surface area contributed by atoms with E-state index in [4.69, 9.17) is 4.74 Å². The molecule has 5 nitrogen and oxygen atoms in total. The summed E-state index contributed by atoms with van der Waals surface area (Å²) in [6.07, 6.45) is 1.90. The lowest BCUT2D eigenvalue weighted by molar-refractivity contribution is -0.145. The average molecular weight is 269 g/mol. The molecule has 0 bridgehead atoms. The number of aromatic nitrogens is 2. The summed E-state index contributed by atoms with van der Waals surface area (Å²) in [5, 5.41) is 0.923. The fourth-order valence-electron chi connectivity index (χ4n) is 2.10. The highest BCUT2D eigenvalue weighted by atomic mass is 32.1. The molecule has 1 unspecified atom stereocenters. The molecular weight excluding hydrogens is 250 g/mol. The Morgan fingerprint density at radius 2 is 2.33 bits per heavy atom. The zero-order chi connectivity index (χ0) is 13.1. The van der Waals surface area contributed by atoms with Crippen LogP contribution in [0.5, 0.6) is 0 Å². The number of anilines is 1. The van der Waals surface area contributed by atoms with Gasteiger partial charge in [0.25, 0.3) is 0 Å². The summed E-state index contributed by atoms with van der Waals surface area (Å²) < 4.78 is 9.17. The number of carbonyl (C=O) groups excluding carboxylic acids is 1. The van der Waals surface area contributed by atoms with Crippen LogP contribution in [0.1, 0.15) is 38.4 Å². The molecule has 1 atom stereocenters. The van der Waals surface area contributed by atoms with E-state index in [-0.39, 0.29) is 11.9 Å². The lowest BCUT2D eigenvalue weighted by Crippen LogP contribution is -2.39. The molecule has 1 fully saturated rings. The highest BCUT2D eigenvalue weighted by Crippen LogP contribution is 2.26. The molecule has 0 N–H and O–H groups in total. The van der Waals surface area contributed by atoms with Crippen molar-refractivity contribution in [2.24, 2.45) is 5.92 Å². The van der Waals surface area contributed by atoms with Gasteiger partial charge in [-0.15, -0.1) is 0 Å². The van der Waals surface area contributed by atoms with Crippen molar-refractivity contribution in [3.8, 4) is 0 Å². The largest absolute Gasteiger partial charge is 0.469 e. The smallest absolute Gasteiger partial charge is 0.310 e.